The Hall–Kier alpha value is -1.38. The molecule has 0 bridgehead atoms. The number of likely N-dealkylation sites (N-methyl/N-ethyl adjacent to an activating group) is 1. The van der Waals surface area contributed by atoms with Crippen molar-refractivity contribution in [3.05, 3.63) is 0 Å². The van der Waals surface area contributed by atoms with Crippen LogP contribution in [-0.2, 0) is 14.4 Å². The molecule has 0 saturated heterocycles. The molecule has 4 N–H and O–H groups in total. The SMILES string of the molecule is C[N+](C)(C)CCO.O=C(O)CC(CC(=O)O)C(=O)O.[Cl-]. The molecule has 20 heavy (non-hydrogen) atoms. The molecule has 0 fully saturated rings. The quantitative estimate of drug-likeness (QED) is 0.356. The molecule has 0 spiro atoms. The number of carbonyl (C=O) groups is 3. The summed E-state index contributed by atoms with van der Waals surface area (Å²) < 4.78 is 0.844. The van der Waals surface area contributed by atoms with E-state index in [0.717, 1.165) is 11.0 Å². The predicted molar refractivity (Wildman–Crippen MR) is 65.6 cm³/mol. The minimum atomic E-state index is -1.40. The van der Waals surface area contributed by atoms with Gasteiger partial charge in [-0.05, 0) is 0 Å². The summed E-state index contributed by atoms with van der Waals surface area (Å²) in [5.74, 6) is -5.38. The molecule has 0 amide bonds. The number of hydrogen-bond acceptors (Lipinski definition) is 4. The number of aliphatic hydroxyl groups is 1. The van der Waals surface area contributed by atoms with Gasteiger partial charge in [0, 0.05) is 0 Å². The van der Waals surface area contributed by atoms with Crippen LogP contribution >= 0.6 is 0 Å². The Bertz CT molecular complexity index is 298. The number of aliphatic carboxylic acids is 3. The Morgan fingerprint density at radius 1 is 0.950 bits per heavy atom. The minimum Gasteiger partial charge on any atom is -1.00 e. The Kier molecular flexibility index (Phi) is 13.6. The molecule has 0 aliphatic heterocycles. The topological polar surface area (TPSA) is 132 Å². The number of halogens is 1. The van der Waals surface area contributed by atoms with Crippen LogP contribution in [0.3, 0.4) is 0 Å². The first kappa shape index (κ1) is 23.7. The Morgan fingerprint density at radius 2 is 1.30 bits per heavy atom. The van der Waals surface area contributed by atoms with Gasteiger partial charge in [-0.2, -0.15) is 0 Å². The van der Waals surface area contributed by atoms with E-state index in [4.69, 9.17) is 20.4 Å². The maximum atomic E-state index is 10.2. The van der Waals surface area contributed by atoms with Crippen LogP contribution in [0.1, 0.15) is 12.8 Å². The van der Waals surface area contributed by atoms with Crippen LogP contribution in [0, 0.1) is 5.92 Å². The van der Waals surface area contributed by atoms with Crippen molar-refractivity contribution < 1.29 is 51.7 Å². The predicted octanol–water partition coefficient (Wildman–Crippen LogP) is -3.67. The average molecular weight is 316 g/mol. The molecule has 0 saturated carbocycles. The summed E-state index contributed by atoms with van der Waals surface area (Å²) in [4.78, 5) is 30.3. The number of rotatable bonds is 7. The van der Waals surface area contributed by atoms with E-state index < -0.39 is 36.7 Å². The van der Waals surface area contributed by atoms with Crippen LogP contribution in [0.4, 0.5) is 0 Å². The first-order chi connectivity index (χ1) is 8.49. The van der Waals surface area contributed by atoms with E-state index in [-0.39, 0.29) is 19.0 Å². The molecule has 0 unspecified atom stereocenters. The molecule has 8 nitrogen and oxygen atoms in total. The fourth-order valence-electron chi connectivity index (χ4n) is 0.968. The number of quaternary nitrogens is 1. The van der Waals surface area contributed by atoms with Gasteiger partial charge < -0.3 is 37.3 Å². The highest BCUT2D eigenvalue weighted by Crippen LogP contribution is 2.08. The van der Waals surface area contributed by atoms with Gasteiger partial charge in [0.2, 0.25) is 0 Å². The van der Waals surface area contributed by atoms with E-state index in [0.29, 0.717) is 0 Å². The standard InChI is InChI=1S/C6H8O6.C5H14NO.ClH/c7-4(8)1-3(6(11)12)2-5(9)10;1-6(2,3)4-5-7;/h3H,1-2H2,(H,7,8)(H,9,10)(H,11,12);7H,4-5H2,1-3H3;1H/q;+1;/p-1. The van der Waals surface area contributed by atoms with Crippen LogP contribution in [0.25, 0.3) is 0 Å². The normalized spacial score (nSPS) is 10.1. The van der Waals surface area contributed by atoms with Crippen molar-refractivity contribution >= 4 is 17.9 Å². The zero-order chi connectivity index (χ0) is 15.6. The highest BCUT2D eigenvalue weighted by atomic mass is 35.5. The van der Waals surface area contributed by atoms with Crippen molar-refractivity contribution in [1.82, 2.24) is 0 Å². The first-order valence-electron chi connectivity index (χ1n) is 5.57. The van der Waals surface area contributed by atoms with Gasteiger partial charge in [-0.15, -0.1) is 0 Å². The average Bonchev–Trinajstić information content (AvgIpc) is 2.13. The molecule has 0 radical (unpaired) electrons. The Morgan fingerprint density at radius 3 is 1.40 bits per heavy atom. The number of carboxylic acids is 3. The molecule has 0 aliphatic carbocycles. The second kappa shape index (κ2) is 11.4. The fourth-order valence-corrected chi connectivity index (χ4v) is 0.968. The molecule has 0 aromatic rings. The van der Waals surface area contributed by atoms with Gasteiger partial charge in [0.05, 0.1) is 46.5 Å². The minimum absolute atomic E-state index is 0. The van der Waals surface area contributed by atoms with Crippen molar-refractivity contribution in [2.75, 3.05) is 34.3 Å². The molecular weight excluding hydrogens is 294 g/mol. The lowest BCUT2D eigenvalue weighted by molar-refractivity contribution is -0.870. The highest BCUT2D eigenvalue weighted by Gasteiger charge is 2.23. The van der Waals surface area contributed by atoms with Gasteiger partial charge >= 0.3 is 17.9 Å². The summed E-state index contributed by atoms with van der Waals surface area (Å²) in [6, 6.07) is 0. The summed E-state index contributed by atoms with van der Waals surface area (Å²) in [6.07, 6.45) is -1.33. The van der Waals surface area contributed by atoms with Crippen molar-refractivity contribution in [2.24, 2.45) is 5.92 Å². The van der Waals surface area contributed by atoms with Crippen LogP contribution in [-0.4, -0.2) is 77.1 Å². The smallest absolute Gasteiger partial charge is 0.307 e. The third-order valence-electron chi connectivity index (χ3n) is 1.96. The number of aliphatic hydroxyl groups excluding tert-OH is 1. The molecule has 0 aliphatic rings. The molecule has 120 valence electrons. The van der Waals surface area contributed by atoms with Crippen molar-refractivity contribution in [3.63, 3.8) is 0 Å². The summed E-state index contributed by atoms with van der Waals surface area (Å²) in [5, 5.41) is 33.1. The summed E-state index contributed by atoms with van der Waals surface area (Å²) in [6.45, 7) is 1.11. The van der Waals surface area contributed by atoms with E-state index in [1.165, 1.54) is 0 Å². The van der Waals surface area contributed by atoms with Gasteiger partial charge in [0.1, 0.15) is 6.54 Å². The Balaban J connectivity index is -0.000000312. The van der Waals surface area contributed by atoms with Crippen molar-refractivity contribution in [2.45, 2.75) is 12.8 Å². The lowest BCUT2D eigenvalue weighted by Crippen LogP contribution is -3.00. The zero-order valence-electron chi connectivity index (χ0n) is 11.7. The Labute approximate surface area is 123 Å². The molecule has 0 aromatic carbocycles. The largest absolute Gasteiger partial charge is 1.00 e. The zero-order valence-corrected chi connectivity index (χ0v) is 12.5. The van der Waals surface area contributed by atoms with Gasteiger partial charge in [0.25, 0.3) is 0 Å². The van der Waals surface area contributed by atoms with E-state index in [2.05, 4.69) is 21.1 Å². The number of carboxylic acid groups (broad SMARTS) is 3. The number of hydrogen-bond donors (Lipinski definition) is 4. The van der Waals surface area contributed by atoms with Gasteiger partial charge in [-0.1, -0.05) is 0 Å². The second-order valence-corrected chi connectivity index (χ2v) is 4.97. The van der Waals surface area contributed by atoms with Crippen LogP contribution in [0.5, 0.6) is 0 Å². The summed E-state index contributed by atoms with van der Waals surface area (Å²) >= 11 is 0. The van der Waals surface area contributed by atoms with E-state index in [1.807, 2.05) is 0 Å². The lowest BCUT2D eigenvalue weighted by Gasteiger charge is -2.21. The van der Waals surface area contributed by atoms with Gasteiger partial charge in [-0.3, -0.25) is 14.4 Å². The first-order valence-corrected chi connectivity index (χ1v) is 5.57. The second-order valence-electron chi connectivity index (χ2n) is 4.97. The molecule has 0 aromatic heterocycles. The molecule has 9 heteroatoms. The summed E-state index contributed by atoms with van der Waals surface area (Å²) in [5.41, 5.74) is 0. The maximum absolute atomic E-state index is 10.2. The van der Waals surface area contributed by atoms with Crippen LogP contribution in [0.2, 0.25) is 0 Å². The van der Waals surface area contributed by atoms with E-state index in [1.54, 1.807) is 0 Å². The van der Waals surface area contributed by atoms with Gasteiger partial charge in [0.15, 0.2) is 0 Å². The van der Waals surface area contributed by atoms with Crippen LogP contribution in [0.15, 0.2) is 0 Å². The molecule has 0 rings (SSSR count). The summed E-state index contributed by atoms with van der Waals surface area (Å²) in [7, 11) is 6.16. The number of nitrogens with zero attached hydrogens (tertiary/aromatic N) is 1. The molecule has 0 heterocycles. The fraction of sp³-hybridized carbons (Fsp3) is 0.727. The highest BCUT2D eigenvalue weighted by molar-refractivity contribution is 5.82. The van der Waals surface area contributed by atoms with E-state index in [9.17, 15) is 14.4 Å². The van der Waals surface area contributed by atoms with Crippen molar-refractivity contribution in [1.29, 1.82) is 0 Å². The molecular formula is C11H22ClNO7. The lowest BCUT2D eigenvalue weighted by atomic mass is 10.0. The van der Waals surface area contributed by atoms with Crippen LogP contribution < -0.4 is 12.4 Å². The molecule has 0 atom stereocenters. The third-order valence-corrected chi connectivity index (χ3v) is 1.96. The monoisotopic (exact) mass is 315 g/mol. The third kappa shape index (κ3) is 19.0. The van der Waals surface area contributed by atoms with E-state index >= 15 is 0 Å². The maximum Gasteiger partial charge on any atom is 0.307 e. The van der Waals surface area contributed by atoms with Crippen molar-refractivity contribution in [3.8, 4) is 0 Å². The van der Waals surface area contributed by atoms with Gasteiger partial charge in [-0.25, -0.2) is 0 Å².